The molecular formula is C16H24N4S. The van der Waals surface area contributed by atoms with E-state index < -0.39 is 0 Å². The quantitative estimate of drug-likeness (QED) is 0.861. The molecule has 1 aliphatic rings. The normalized spacial score (nSPS) is 18.2. The van der Waals surface area contributed by atoms with Crippen molar-refractivity contribution in [3.8, 4) is 0 Å². The van der Waals surface area contributed by atoms with Crippen molar-refractivity contribution in [3.05, 3.63) is 16.8 Å². The van der Waals surface area contributed by atoms with Crippen molar-refractivity contribution in [2.45, 2.75) is 32.6 Å². The minimum absolute atomic E-state index is 0.801. The molecule has 0 fully saturated rings. The summed E-state index contributed by atoms with van der Waals surface area (Å²) in [6, 6.07) is 0. The molecule has 0 unspecified atom stereocenters. The molecule has 114 valence electrons. The molecule has 3 rings (SSSR count). The van der Waals surface area contributed by atoms with Crippen molar-refractivity contribution >= 4 is 27.4 Å². The van der Waals surface area contributed by atoms with Gasteiger partial charge in [0, 0.05) is 11.4 Å². The first-order chi connectivity index (χ1) is 10.1. The summed E-state index contributed by atoms with van der Waals surface area (Å²) in [7, 11) is 4.22. The smallest absolute Gasteiger partial charge is 0.138 e. The Labute approximate surface area is 130 Å². The van der Waals surface area contributed by atoms with Crippen LogP contribution in [0.3, 0.4) is 0 Å². The molecule has 0 saturated heterocycles. The molecule has 4 nitrogen and oxygen atoms in total. The number of hydrogen-bond donors (Lipinski definition) is 1. The molecule has 0 aliphatic heterocycles. The van der Waals surface area contributed by atoms with E-state index in [1.807, 2.05) is 11.3 Å². The van der Waals surface area contributed by atoms with Crippen LogP contribution in [0.2, 0.25) is 0 Å². The summed E-state index contributed by atoms with van der Waals surface area (Å²) >= 11 is 1.86. The van der Waals surface area contributed by atoms with Gasteiger partial charge in [-0.05, 0) is 57.8 Å². The van der Waals surface area contributed by atoms with Crippen LogP contribution in [0.1, 0.15) is 30.2 Å². The van der Waals surface area contributed by atoms with Crippen LogP contribution in [0, 0.1) is 5.92 Å². The Morgan fingerprint density at radius 1 is 1.38 bits per heavy atom. The van der Waals surface area contributed by atoms with E-state index in [0.717, 1.165) is 36.1 Å². The van der Waals surface area contributed by atoms with Gasteiger partial charge in [0.05, 0.1) is 5.39 Å². The van der Waals surface area contributed by atoms with Crippen LogP contribution in [-0.2, 0) is 12.8 Å². The first-order valence-electron chi connectivity index (χ1n) is 7.79. The Morgan fingerprint density at radius 3 is 3.05 bits per heavy atom. The first-order valence-corrected chi connectivity index (χ1v) is 8.60. The maximum Gasteiger partial charge on any atom is 0.138 e. The Bertz CT molecular complexity index is 620. The number of nitrogens with zero attached hydrogens (tertiary/aromatic N) is 3. The minimum atomic E-state index is 0.801. The molecule has 1 N–H and O–H groups in total. The number of nitrogens with one attached hydrogen (secondary N) is 1. The first kappa shape index (κ1) is 14.7. The van der Waals surface area contributed by atoms with Gasteiger partial charge in [-0.1, -0.05) is 6.92 Å². The van der Waals surface area contributed by atoms with E-state index in [-0.39, 0.29) is 0 Å². The molecule has 5 heteroatoms. The molecule has 21 heavy (non-hydrogen) atoms. The third-order valence-electron chi connectivity index (χ3n) is 4.17. The second-order valence-electron chi connectivity index (χ2n) is 6.34. The van der Waals surface area contributed by atoms with Crippen LogP contribution >= 0.6 is 11.3 Å². The summed E-state index contributed by atoms with van der Waals surface area (Å²) in [5.74, 6) is 1.83. The lowest BCUT2D eigenvalue weighted by molar-refractivity contribution is 0.405. The van der Waals surface area contributed by atoms with Gasteiger partial charge in [-0.2, -0.15) is 0 Å². The highest BCUT2D eigenvalue weighted by Crippen LogP contribution is 2.39. The average molecular weight is 304 g/mol. The highest BCUT2D eigenvalue weighted by atomic mass is 32.1. The standard InChI is InChI=1S/C16H24N4S/c1-11-5-6-12-13(9-11)21-16-14(12)15(18-10-19-16)17-7-4-8-20(2)3/h10-11H,4-9H2,1-3H3,(H,17,18,19)/t11-/m1/s1. The zero-order valence-corrected chi connectivity index (χ0v) is 14.0. The topological polar surface area (TPSA) is 41.1 Å². The predicted octanol–water partition coefficient (Wildman–Crippen LogP) is 3.18. The molecule has 0 bridgehead atoms. The van der Waals surface area contributed by atoms with Gasteiger partial charge >= 0.3 is 0 Å². The predicted molar refractivity (Wildman–Crippen MR) is 90.3 cm³/mol. The van der Waals surface area contributed by atoms with E-state index in [1.165, 1.54) is 35.1 Å². The summed E-state index contributed by atoms with van der Waals surface area (Å²) in [6.45, 7) is 4.41. The summed E-state index contributed by atoms with van der Waals surface area (Å²) in [5.41, 5.74) is 1.50. The summed E-state index contributed by atoms with van der Waals surface area (Å²) in [5, 5.41) is 4.81. The molecule has 2 heterocycles. The van der Waals surface area contributed by atoms with Gasteiger partial charge in [-0.15, -0.1) is 11.3 Å². The van der Waals surface area contributed by atoms with Crippen LogP contribution < -0.4 is 5.32 Å². The van der Waals surface area contributed by atoms with E-state index in [4.69, 9.17) is 0 Å². The molecule has 2 aromatic heterocycles. The van der Waals surface area contributed by atoms with Crippen molar-refractivity contribution in [3.63, 3.8) is 0 Å². The fraction of sp³-hybridized carbons (Fsp3) is 0.625. The molecule has 0 saturated carbocycles. The van der Waals surface area contributed by atoms with Crippen molar-refractivity contribution in [1.29, 1.82) is 0 Å². The van der Waals surface area contributed by atoms with Crippen LogP contribution in [0.4, 0.5) is 5.82 Å². The van der Waals surface area contributed by atoms with Gasteiger partial charge in [0.25, 0.3) is 0 Å². The van der Waals surface area contributed by atoms with Gasteiger partial charge in [0.2, 0.25) is 0 Å². The van der Waals surface area contributed by atoms with Crippen LogP contribution in [0.15, 0.2) is 6.33 Å². The van der Waals surface area contributed by atoms with Crippen molar-refractivity contribution in [2.24, 2.45) is 5.92 Å². The summed E-state index contributed by atoms with van der Waals surface area (Å²) < 4.78 is 0. The number of aryl methyl sites for hydroxylation is 1. The van der Waals surface area contributed by atoms with E-state index >= 15 is 0 Å². The minimum Gasteiger partial charge on any atom is -0.369 e. The zero-order chi connectivity index (χ0) is 14.8. The van der Waals surface area contributed by atoms with E-state index in [2.05, 4.69) is 41.2 Å². The van der Waals surface area contributed by atoms with Crippen LogP contribution in [0.5, 0.6) is 0 Å². The second kappa shape index (κ2) is 6.28. The highest BCUT2D eigenvalue weighted by molar-refractivity contribution is 7.19. The zero-order valence-electron chi connectivity index (χ0n) is 13.1. The lowest BCUT2D eigenvalue weighted by Crippen LogP contribution is -2.17. The highest BCUT2D eigenvalue weighted by Gasteiger charge is 2.22. The lowest BCUT2D eigenvalue weighted by atomic mass is 9.89. The summed E-state index contributed by atoms with van der Waals surface area (Å²) in [4.78, 5) is 13.9. The van der Waals surface area contributed by atoms with Gasteiger partial charge in [0.1, 0.15) is 17.0 Å². The fourth-order valence-electron chi connectivity index (χ4n) is 3.01. The molecule has 0 spiro atoms. The van der Waals surface area contributed by atoms with Gasteiger partial charge in [-0.25, -0.2) is 9.97 Å². The van der Waals surface area contributed by atoms with Gasteiger partial charge in [-0.3, -0.25) is 0 Å². The van der Waals surface area contributed by atoms with Gasteiger partial charge in [0.15, 0.2) is 0 Å². The molecule has 0 radical (unpaired) electrons. The SMILES string of the molecule is C[C@@H]1CCc2c(sc3ncnc(NCCCN(C)C)c23)C1. The van der Waals surface area contributed by atoms with Gasteiger partial charge < -0.3 is 10.2 Å². The monoisotopic (exact) mass is 304 g/mol. The number of hydrogen-bond acceptors (Lipinski definition) is 5. The van der Waals surface area contributed by atoms with E-state index in [0.29, 0.717) is 0 Å². The van der Waals surface area contributed by atoms with Crippen molar-refractivity contribution in [2.75, 3.05) is 32.5 Å². The van der Waals surface area contributed by atoms with Crippen molar-refractivity contribution in [1.82, 2.24) is 14.9 Å². The van der Waals surface area contributed by atoms with E-state index in [1.54, 1.807) is 6.33 Å². The number of rotatable bonds is 5. The Hall–Kier alpha value is -1.20. The summed E-state index contributed by atoms with van der Waals surface area (Å²) in [6.07, 6.45) is 6.49. The van der Waals surface area contributed by atoms with E-state index in [9.17, 15) is 0 Å². The van der Waals surface area contributed by atoms with Crippen LogP contribution in [0.25, 0.3) is 10.2 Å². The third kappa shape index (κ3) is 3.19. The number of anilines is 1. The molecule has 0 amide bonds. The molecule has 0 aromatic carbocycles. The Morgan fingerprint density at radius 2 is 2.24 bits per heavy atom. The lowest BCUT2D eigenvalue weighted by Gasteiger charge is -2.18. The second-order valence-corrected chi connectivity index (χ2v) is 7.42. The van der Waals surface area contributed by atoms with Crippen molar-refractivity contribution < 1.29 is 0 Å². The Balaban J connectivity index is 1.82. The Kier molecular flexibility index (Phi) is 4.40. The maximum absolute atomic E-state index is 4.49. The number of fused-ring (bicyclic) bond motifs is 3. The third-order valence-corrected chi connectivity index (χ3v) is 5.33. The molecule has 1 atom stereocenters. The molecule has 2 aromatic rings. The van der Waals surface area contributed by atoms with Crippen LogP contribution in [-0.4, -0.2) is 42.1 Å². The molecular weight excluding hydrogens is 280 g/mol. The largest absolute Gasteiger partial charge is 0.369 e. The number of thiophene rings is 1. The average Bonchev–Trinajstić information content (AvgIpc) is 2.81. The maximum atomic E-state index is 4.49. The number of aromatic nitrogens is 2. The fourth-order valence-corrected chi connectivity index (χ4v) is 4.36. The molecule has 1 aliphatic carbocycles.